The minimum Gasteiger partial charge on any atom is -0.496 e. The fraction of sp³-hybridized carbons (Fsp3) is 0.444. The quantitative estimate of drug-likeness (QED) is 0.719. The Hall–Kier alpha value is -2.27. The van der Waals surface area contributed by atoms with E-state index in [0.717, 1.165) is 23.3 Å². The van der Waals surface area contributed by atoms with Gasteiger partial charge in [-0.1, -0.05) is 12.1 Å². The summed E-state index contributed by atoms with van der Waals surface area (Å²) in [6.07, 6.45) is 2.18. The number of para-hydroxylation sites is 1. The van der Waals surface area contributed by atoms with Crippen molar-refractivity contribution in [2.45, 2.75) is 24.3 Å². The molecule has 0 unspecified atom stereocenters. The Bertz CT molecular complexity index is 954. The first-order chi connectivity index (χ1) is 13.4. The zero-order valence-electron chi connectivity index (χ0n) is 15.5. The molecular formula is C18H22N4O5S. The van der Waals surface area contributed by atoms with Crippen molar-refractivity contribution in [3.05, 3.63) is 36.5 Å². The smallest absolute Gasteiger partial charge is 0.223 e. The van der Waals surface area contributed by atoms with Crippen LogP contribution in [0.25, 0.3) is 11.3 Å². The Morgan fingerprint density at radius 3 is 2.57 bits per heavy atom. The second kappa shape index (κ2) is 7.63. The van der Waals surface area contributed by atoms with Gasteiger partial charge in [-0.2, -0.15) is 0 Å². The first-order valence-corrected chi connectivity index (χ1v) is 10.8. The predicted octanol–water partition coefficient (Wildman–Crippen LogP) is 0.648. The van der Waals surface area contributed by atoms with Gasteiger partial charge in [-0.05, 0) is 18.2 Å². The molecule has 0 amide bonds. The molecule has 4 rings (SSSR count). The number of hydrogen-bond donors (Lipinski definition) is 2. The molecule has 2 fully saturated rings. The molecule has 2 aliphatic rings. The molecule has 0 aliphatic carbocycles. The number of ether oxygens (including phenoxy) is 3. The van der Waals surface area contributed by atoms with Crippen LogP contribution in [-0.4, -0.2) is 69.3 Å². The van der Waals surface area contributed by atoms with Crippen molar-refractivity contribution >= 4 is 16.0 Å². The molecule has 1 aromatic heterocycles. The molecule has 28 heavy (non-hydrogen) atoms. The molecule has 2 N–H and O–H groups in total. The molecule has 10 heteroatoms. The Morgan fingerprint density at radius 1 is 1.11 bits per heavy atom. The Morgan fingerprint density at radius 2 is 1.82 bits per heavy atom. The van der Waals surface area contributed by atoms with Gasteiger partial charge < -0.3 is 19.5 Å². The molecule has 0 radical (unpaired) electrons. The third-order valence-corrected chi connectivity index (χ3v) is 5.50. The lowest BCUT2D eigenvalue weighted by atomic mass is 10.1. The highest BCUT2D eigenvalue weighted by molar-refractivity contribution is 7.88. The number of rotatable bonds is 6. The number of benzene rings is 1. The van der Waals surface area contributed by atoms with E-state index in [1.54, 1.807) is 13.3 Å². The average Bonchev–Trinajstić information content (AvgIpc) is 3.24. The van der Waals surface area contributed by atoms with Gasteiger partial charge in [0.25, 0.3) is 0 Å². The van der Waals surface area contributed by atoms with Crippen molar-refractivity contribution in [3.63, 3.8) is 0 Å². The van der Waals surface area contributed by atoms with Gasteiger partial charge in [0.2, 0.25) is 16.0 Å². The third-order valence-electron chi connectivity index (χ3n) is 4.77. The van der Waals surface area contributed by atoms with Crippen molar-refractivity contribution in [1.82, 2.24) is 14.7 Å². The van der Waals surface area contributed by atoms with Crippen LogP contribution < -0.4 is 14.8 Å². The van der Waals surface area contributed by atoms with E-state index in [-0.39, 0.29) is 24.9 Å². The van der Waals surface area contributed by atoms with Crippen molar-refractivity contribution in [3.8, 4) is 17.0 Å². The molecule has 0 spiro atoms. The van der Waals surface area contributed by atoms with E-state index in [1.807, 2.05) is 30.3 Å². The van der Waals surface area contributed by atoms with Crippen molar-refractivity contribution in [2.24, 2.45) is 0 Å². The first kappa shape index (κ1) is 19.1. The molecule has 9 nitrogen and oxygen atoms in total. The second-order valence-corrected chi connectivity index (χ2v) is 8.59. The maximum atomic E-state index is 11.5. The summed E-state index contributed by atoms with van der Waals surface area (Å²) in [5.74, 6) is 1.17. The van der Waals surface area contributed by atoms with E-state index in [1.165, 1.54) is 0 Å². The van der Waals surface area contributed by atoms with Gasteiger partial charge in [-0.15, -0.1) is 0 Å². The lowest BCUT2D eigenvalue weighted by molar-refractivity contribution is 0.0690. The van der Waals surface area contributed by atoms with Gasteiger partial charge in [-0.3, -0.25) is 0 Å². The molecule has 1 aromatic carbocycles. The first-order valence-electron chi connectivity index (χ1n) is 8.88. The maximum Gasteiger partial charge on any atom is 0.223 e. The van der Waals surface area contributed by atoms with E-state index >= 15 is 0 Å². The summed E-state index contributed by atoms with van der Waals surface area (Å²) in [5, 5.41) is 3.25. The molecule has 150 valence electrons. The standard InChI is InChI=1S/C18H22N4O5S/c1-25-15-6-4-3-5-11(15)12-7-8-19-18(20-12)21-13-9-26-17-14(10-27-16(13)17)22-28(2,23)24/h3-8,13-14,16-17,22H,9-10H2,1-2H3,(H,19,20,21)/t13-,14-,16+,17+/m0/s1. The fourth-order valence-electron chi connectivity index (χ4n) is 3.60. The molecule has 2 saturated heterocycles. The van der Waals surface area contributed by atoms with E-state index in [9.17, 15) is 8.42 Å². The summed E-state index contributed by atoms with van der Waals surface area (Å²) in [5.41, 5.74) is 1.60. The van der Waals surface area contributed by atoms with Gasteiger partial charge in [0.1, 0.15) is 18.0 Å². The summed E-state index contributed by atoms with van der Waals surface area (Å²) in [6.45, 7) is 0.641. The number of sulfonamides is 1. The SMILES string of the molecule is COc1ccccc1-c1ccnc(N[C@H]2CO[C@H]3[C@@H]2OC[C@@H]3NS(C)(=O)=O)n1. The average molecular weight is 406 g/mol. The van der Waals surface area contributed by atoms with Crippen LogP contribution in [0.2, 0.25) is 0 Å². The van der Waals surface area contributed by atoms with Gasteiger partial charge in [0.05, 0.1) is 44.4 Å². The largest absolute Gasteiger partial charge is 0.496 e. The highest BCUT2D eigenvalue weighted by atomic mass is 32.2. The minimum absolute atomic E-state index is 0.177. The van der Waals surface area contributed by atoms with Gasteiger partial charge in [0, 0.05) is 11.8 Å². The Labute approximate surface area is 163 Å². The lowest BCUT2D eigenvalue weighted by Crippen LogP contribution is -2.44. The van der Waals surface area contributed by atoms with Crippen LogP contribution in [0.5, 0.6) is 5.75 Å². The number of fused-ring (bicyclic) bond motifs is 1. The topological polar surface area (TPSA) is 112 Å². The van der Waals surface area contributed by atoms with Crippen molar-refractivity contribution in [1.29, 1.82) is 0 Å². The minimum atomic E-state index is -3.33. The second-order valence-electron chi connectivity index (χ2n) is 6.81. The molecule has 2 aromatic rings. The van der Waals surface area contributed by atoms with Crippen LogP contribution in [-0.2, 0) is 19.5 Å². The summed E-state index contributed by atoms with van der Waals surface area (Å²) in [7, 11) is -1.71. The number of methoxy groups -OCH3 is 1. The zero-order valence-corrected chi connectivity index (χ0v) is 16.3. The molecular weight excluding hydrogens is 384 g/mol. The van der Waals surface area contributed by atoms with Crippen molar-refractivity contribution in [2.75, 3.05) is 31.9 Å². The third kappa shape index (κ3) is 3.95. The lowest BCUT2D eigenvalue weighted by Gasteiger charge is -2.18. The van der Waals surface area contributed by atoms with E-state index in [4.69, 9.17) is 14.2 Å². The van der Waals surface area contributed by atoms with Gasteiger partial charge >= 0.3 is 0 Å². The zero-order chi connectivity index (χ0) is 19.7. The van der Waals surface area contributed by atoms with Crippen LogP contribution >= 0.6 is 0 Å². The summed E-state index contributed by atoms with van der Waals surface area (Å²) in [4.78, 5) is 8.87. The predicted molar refractivity (Wildman–Crippen MR) is 103 cm³/mol. The summed E-state index contributed by atoms with van der Waals surface area (Å²) < 4.78 is 42.5. The maximum absolute atomic E-state index is 11.5. The number of hydrogen-bond acceptors (Lipinski definition) is 8. The van der Waals surface area contributed by atoms with Crippen LogP contribution in [0.3, 0.4) is 0 Å². The van der Waals surface area contributed by atoms with Gasteiger partial charge in [0.15, 0.2) is 0 Å². The summed E-state index contributed by atoms with van der Waals surface area (Å²) >= 11 is 0. The van der Waals surface area contributed by atoms with E-state index in [0.29, 0.717) is 12.6 Å². The molecule has 4 atom stereocenters. The number of aromatic nitrogens is 2. The normalized spacial score (nSPS) is 26.8. The molecule has 3 heterocycles. The monoisotopic (exact) mass is 406 g/mol. The van der Waals surface area contributed by atoms with Crippen LogP contribution in [0.4, 0.5) is 5.95 Å². The number of nitrogens with one attached hydrogen (secondary N) is 2. The van der Waals surface area contributed by atoms with Crippen LogP contribution in [0.15, 0.2) is 36.5 Å². The van der Waals surface area contributed by atoms with E-state index in [2.05, 4.69) is 20.0 Å². The Kier molecular flexibility index (Phi) is 5.19. The van der Waals surface area contributed by atoms with E-state index < -0.39 is 16.1 Å². The fourth-order valence-corrected chi connectivity index (χ4v) is 4.35. The van der Waals surface area contributed by atoms with Crippen molar-refractivity contribution < 1.29 is 22.6 Å². The molecule has 2 aliphatic heterocycles. The van der Waals surface area contributed by atoms with Crippen LogP contribution in [0, 0.1) is 0 Å². The number of nitrogens with zero attached hydrogens (tertiary/aromatic N) is 2. The highest BCUT2D eigenvalue weighted by Gasteiger charge is 2.48. The molecule has 0 saturated carbocycles. The summed E-state index contributed by atoms with van der Waals surface area (Å²) in [6, 6.07) is 8.87. The number of anilines is 1. The highest BCUT2D eigenvalue weighted by Crippen LogP contribution is 2.31. The van der Waals surface area contributed by atoms with Gasteiger partial charge in [-0.25, -0.2) is 23.1 Å². The van der Waals surface area contributed by atoms with Crippen LogP contribution in [0.1, 0.15) is 0 Å². The molecule has 0 bridgehead atoms. The Balaban J connectivity index is 1.49.